The predicted molar refractivity (Wildman–Crippen MR) is 158 cm³/mol. The van der Waals surface area contributed by atoms with Crippen molar-refractivity contribution in [3.8, 4) is 19.5 Å². The lowest BCUT2D eigenvalue weighted by molar-refractivity contribution is 0.593. The van der Waals surface area contributed by atoms with Crippen LogP contribution in [0, 0.1) is 0 Å². The summed E-state index contributed by atoms with van der Waals surface area (Å²) in [7, 11) is 0. The zero-order valence-corrected chi connectivity index (χ0v) is 23.9. The average molecular weight is 525 g/mol. The van der Waals surface area contributed by atoms with E-state index in [0.717, 1.165) is 23.9 Å². The molecule has 0 fully saturated rings. The van der Waals surface area contributed by atoms with Gasteiger partial charge in [-0.3, -0.25) is 0 Å². The van der Waals surface area contributed by atoms with Crippen LogP contribution < -0.4 is 0 Å². The molecule has 0 atom stereocenters. The minimum atomic E-state index is 1.06. The van der Waals surface area contributed by atoms with Gasteiger partial charge in [-0.25, -0.2) is 9.97 Å². The number of hydrogen-bond donors (Lipinski definition) is 0. The molecule has 2 nitrogen and oxygen atoms in total. The molecule has 0 saturated carbocycles. The Labute approximate surface area is 223 Å². The van der Waals surface area contributed by atoms with Crippen molar-refractivity contribution in [1.29, 1.82) is 0 Å². The Balaban J connectivity index is 1.62. The first kappa shape index (κ1) is 26.5. The summed E-state index contributed by atoms with van der Waals surface area (Å²) in [5, 5.41) is 4.34. The molecule has 4 heterocycles. The Morgan fingerprint density at radius 3 is 1.40 bits per heavy atom. The summed E-state index contributed by atoms with van der Waals surface area (Å²) in [5.74, 6) is 0. The van der Waals surface area contributed by atoms with Crippen molar-refractivity contribution in [1.82, 2.24) is 9.97 Å². The lowest BCUT2D eigenvalue weighted by Crippen LogP contribution is -2.03. The van der Waals surface area contributed by atoms with Crippen LogP contribution in [0.15, 0.2) is 35.0 Å². The summed E-state index contributed by atoms with van der Waals surface area (Å²) in [6.45, 7) is 4.58. The number of aryl methyl sites for hydroxylation is 2. The number of aromatic nitrogens is 2. The Morgan fingerprint density at radius 2 is 1.00 bits per heavy atom. The molecule has 0 aliphatic heterocycles. The maximum absolute atomic E-state index is 5.38. The third-order valence-electron chi connectivity index (χ3n) is 6.71. The number of hydrogen-bond acceptors (Lipinski definition) is 5. The summed E-state index contributed by atoms with van der Waals surface area (Å²) in [5.41, 5.74) is 4.76. The van der Waals surface area contributed by atoms with Crippen molar-refractivity contribution in [3.63, 3.8) is 0 Å². The second kappa shape index (κ2) is 14.2. The van der Waals surface area contributed by atoms with Gasteiger partial charge in [-0.2, -0.15) is 0 Å². The molecule has 0 unspecified atom stereocenters. The number of fused-ring (bicyclic) bond motifs is 1. The standard InChI is InChI=1S/C30H40N2S3/c1-3-5-7-9-11-13-17-23-24(18-14-12-10-8-6-4-2)32-28-27(31-23)29(25-19-15-21-33-25)35-30(28)26-20-16-22-34-26/h15-16,19-22H,3-14,17-18H2,1-2H3. The monoisotopic (exact) mass is 524 g/mol. The molecule has 4 aromatic heterocycles. The number of nitrogens with zero attached hydrogens (tertiary/aromatic N) is 2. The lowest BCUT2D eigenvalue weighted by atomic mass is 10.0. The molecule has 35 heavy (non-hydrogen) atoms. The molecule has 0 aliphatic rings. The van der Waals surface area contributed by atoms with Gasteiger partial charge in [-0.05, 0) is 48.6 Å². The van der Waals surface area contributed by atoms with E-state index in [1.54, 1.807) is 0 Å². The SMILES string of the molecule is CCCCCCCCc1nc2c(-c3cccs3)sc(-c3cccs3)c2nc1CCCCCCCC. The highest BCUT2D eigenvalue weighted by atomic mass is 32.1. The van der Waals surface area contributed by atoms with E-state index in [-0.39, 0.29) is 0 Å². The van der Waals surface area contributed by atoms with Crippen LogP contribution in [0.5, 0.6) is 0 Å². The van der Waals surface area contributed by atoms with E-state index in [1.165, 1.54) is 108 Å². The molecular weight excluding hydrogens is 485 g/mol. The fourth-order valence-corrected chi connectivity index (χ4v) is 7.60. The highest BCUT2D eigenvalue weighted by Gasteiger charge is 2.21. The van der Waals surface area contributed by atoms with Gasteiger partial charge in [0.1, 0.15) is 11.0 Å². The van der Waals surface area contributed by atoms with E-state index in [4.69, 9.17) is 9.97 Å². The van der Waals surface area contributed by atoms with E-state index in [2.05, 4.69) is 48.9 Å². The summed E-state index contributed by atoms with van der Waals surface area (Å²) < 4.78 is 0. The zero-order valence-electron chi connectivity index (χ0n) is 21.5. The maximum atomic E-state index is 5.38. The molecule has 4 aromatic rings. The smallest absolute Gasteiger partial charge is 0.109 e. The van der Waals surface area contributed by atoms with Crippen molar-refractivity contribution in [2.24, 2.45) is 0 Å². The fraction of sp³-hybridized carbons (Fsp3) is 0.533. The van der Waals surface area contributed by atoms with E-state index in [9.17, 15) is 0 Å². The second-order valence-electron chi connectivity index (χ2n) is 9.56. The second-order valence-corrected chi connectivity index (χ2v) is 12.5. The normalized spacial score (nSPS) is 11.6. The molecule has 5 heteroatoms. The number of unbranched alkanes of at least 4 members (excludes halogenated alkanes) is 10. The molecule has 0 aromatic carbocycles. The minimum Gasteiger partial charge on any atom is -0.248 e. The largest absolute Gasteiger partial charge is 0.248 e. The summed E-state index contributed by atoms with van der Waals surface area (Å²) in [6.07, 6.45) is 17.9. The van der Waals surface area contributed by atoms with Gasteiger partial charge < -0.3 is 0 Å². The molecule has 0 amide bonds. The quantitative estimate of drug-likeness (QED) is 0.136. The number of thiophene rings is 3. The van der Waals surface area contributed by atoms with Crippen LogP contribution in [0.3, 0.4) is 0 Å². The highest BCUT2D eigenvalue weighted by molar-refractivity contribution is 7.27. The van der Waals surface area contributed by atoms with Crippen LogP contribution in [-0.4, -0.2) is 9.97 Å². The topological polar surface area (TPSA) is 25.8 Å². The van der Waals surface area contributed by atoms with Crippen LogP contribution in [0.2, 0.25) is 0 Å². The van der Waals surface area contributed by atoms with Gasteiger partial charge in [0.25, 0.3) is 0 Å². The van der Waals surface area contributed by atoms with E-state index in [1.807, 2.05) is 34.0 Å². The van der Waals surface area contributed by atoms with Gasteiger partial charge in [0.05, 0.1) is 21.1 Å². The third-order valence-corrected chi connectivity index (χ3v) is 9.98. The van der Waals surface area contributed by atoms with E-state index in [0.29, 0.717) is 0 Å². The minimum absolute atomic E-state index is 1.06. The van der Waals surface area contributed by atoms with Gasteiger partial charge in [-0.15, -0.1) is 34.0 Å². The van der Waals surface area contributed by atoms with Crippen LogP contribution in [0.25, 0.3) is 30.5 Å². The van der Waals surface area contributed by atoms with Crippen molar-refractivity contribution < 1.29 is 0 Å². The lowest BCUT2D eigenvalue weighted by Gasteiger charge is -2.10. The first-order valence-electron chi connectivity index (χ1n) is 13.7. The average Bonchev–Trinajstić information content (AvgIpc) is 3.64. The van der Waals surface area contributed by atoms with E-state index < -0.39 is 0 Å². The first-order chi connectivity index (χ1) is 17.3. The molecular formula is C30H40N2S3. The van der Waals surface area contributed by atoms with Gasteiger partial charge in [-0.1, -0.05) is 90.2 Å². The third kappa shape index (κ3) is 7.24. The van der Waals surface area contributed by atoms with Crippen LogP contribution in [-0.2, 0) is 12.8 Å². The Hall–Kier alpha value is -1.56. The Bertz CT molecular complexity index is 1040. The van der Waals surface area contributed by atoms with Crippen molar-refractivity contribution in [2.45, 2.75) is 104 Å². The Kier molecular flexibility index (Phi) is 10.8. The van der Waals surface area contributed by atoms with Crippen molar-refractivity contribution in [3.05, 3.63) is 46.4 Å². The summed E-state index contributed by atoms with van der Waals surface area (Å²) in [6, 6.07) is 8.75. The van der Waals surface area contributed by atoms with Crippen molar-refractivity contribution in [2.75, 3.05) is 0 Å². The van der Waals surface area contributed by atoms with Crippen LogP contribution in [0.1, 0.15) is 102 Å². The highest BCUT2D eigenvalue weighted by Crippen LogP contribution is 2.45. The molecule has 0 bridgehead atoms. The maximum Gasteiger partial charge on any atom is 0.109 e. The zero-order chi connectivity index (χ0) is 24.3. The molecule has 0 saturated heterocycles. The van der Waals surface area contributed by atoms with Gasteiger partial charge in [0.2, 0.25) is 0 Å². The predicted octanol–water partition coefficient (Wildman–Crippen LogP) is 11.0. The number of rotatable bonds is 16. The fourth-order valence-electron chi connectivity index (χ4n) is 4.72. The van der Waals surface area contributed by atoms with Crippen LogP contribution >= 0.6 is 34.0 Å². The molecule has 0 radical (unpaired) electrons. The van der Waals surface area contributed by atoms with E-state index >= 15 is 0 Å². The molecule has 0 aliphatic carbocycles. The van der Waals surface area contributed by atoms with Gasteiger partial charge >= 0.3 is 0 Å². The van der Waals surface area contributed by atoms with Gasteiger partial charge in [0.15, 0.2) is 0 Å². The molecule has 4 rings (SSSR count). The first-order valence-corrected chi connectivity index (χ1v) is 16.3. The van der Waals surface area contributed by atoms with Crippen molar-refractivity contribution >= 4 is 45.0 Å². The summed E-state index contributed by atoms with van der Waals surface area (Å²) >= 11 is 5.50. The van der Waals surface area contributed by atoms with Gasteiger partial charge in [0, 0.05) is 9.75 Å². The summed E-state index contributed by atoms with van der Waals surface area (Å²) in [4.78, 5) is 16.0. The molecule has 0 N–H and O–H groups in total. The molecule has 188 valence electrons. The Morgan fingerprint density at radius 1 is 0.571 bits per heavy atom. The van der Waals surface area contributed by atoms with Crippen LogP contribution in [0.4, 0.5) is 0 Å². The molecule has 0 spiro atoms.